The van der Waals surface area contributed by atoms with Gasteiger partial charge in [0.2, 0.25) is 6.29 Å². The van der Waals surface area contributed by atoms with E-state index >= 15 is 4.39 Å². The molecule has 2 aliphatic rings. The third-order valence-corrected chi connectivity index (χ3v) is 6.36. The Balaban J connectivity index is 1.86. The van der Waals surface area contributed by atoms with Gasteiger partial charge in [0.15, 0.2) is 18.0 Å². The van der Waals surface area contributed by atoms with Gasteiger partial charge in [-0.05, 0) is 27.7 Å². The van der Waals surface area contributed by atoms with Crippen LogP contribution in [0.2, 0.25) is 0 Å². The first-order chi connectivity index (χ1) is 15.8. The molecule has 3 unspecified atom stereocenters. The van der Waals surface area contributed by atoms with Crippen LogP contribution in [0.5, 0.6) is 0 Å². The molecule has 2 aliphatic heterocycles. The van der Waals surface area contributed by atoms with Crippen LogP contribution in [0.1, 0.15) is 33.9 Å². The molecule has 14 nitrogen and oxygen atoms in total. The van der Waals surface area contributed by atoms with E-state index in [4.69, 9.17) is 28.0 Å². The zero-order chi connectivity index (χ0) is 25.3. The Morgan fingerprint density at radius 1 is 1.38 bits per heavy atom. The summed E-state index contributed by atoms with van der Waals surface area (Å²) < 4.78 is 60.6. The van der Waals surface area contributed by atoms with Gasteiger partial charge in [0.05, 0.1) is 12.7 Å². The number of ether oxygens (including phenoxy) is 4. The van der Waals surface area contributed by atoms with Crippen molar-refractivity contribution in [1.29, 1.82) is 0 Å². The minimum atomic E-state index is -4.31. The Morgan fingerprint density at radius 3 is 2.74 bits per heavy atom. The normalized spacial score (nSPS) is 34.1. The fraction of sp³-hybridized carbons (Fsp3) is 0.667. The van der Waals surface area contributed by atoms with Crippen molar-refractivity contribution < 1.29 is 46.5 Å². The molecule has 6 atom stereocenters. The number of carbonyl (C=O) groups excluding carboxylic acids is 2. The van der Waals surface area contributed by atoms with Crippen molar-refractivity contribution in [1.82, 2.24) is 14.6 Å². The highest BCUT2D eigenvalue weighted by atomic mass is 31.2. The van der Waals surface area contributed by atoms with E-state index in [0.29, 0.717) is 0 Å². The van der Waals surface area contributed by atoms with Crippen LogP contribution in [0, 0.1) is 0 Å². The lowest BCUT2D eigenvalue weighted by atomic mass is 9.98. The van der Waals surface area contributed by atoms with Crippen LogP contribution in [-0.2, 0) is 37.4 Å². The van der Waals surface area contributed by atoms with Crippen LogP contribution in [-0.4, -0.2) is 65.1 Å². The van der Waals surface area contributed by atoms with Crippen LogP contribution in [0.15, 0.2) is 21.9 Å². The van der Waals surface area contributed by atoms with Crippen LogP contribution < -0.4 is 16.3 Å². The SMILES string of the molecule is CC(C)OC(=O)CNP1(=O)OC[C@H]2O[C@@H](n3ccc(=O)[nH]c3=O)[C@](C)(F)C2OC(=O)OC(C)O1. The lowest BCUT2D eigenvalue weighted by Crippen LogP contribution is -2.46. The number of aromatic nitrogens is 2. The summed E-state index contributed by atoms with van der Waals surface area (Å²) in [5.74, 6) is -0.758. The summed E-state index contributed by atoms with van der Waals surface area (Å²) in [6.07, 6.45) is -6.98. The maximum Gasteiger partial charge on any atom is 0.511 e. The summed E-state index contributed by atoms with van der Waals surface area (Å²) in [6, 6.07) is 0.979. The molecule has 190 valence electrons. The first-order valence-corrected chi connectivity index (χ1v) is 11.8. The number of rotatable bonds is 5. The number of carbonyl (C=O) groups is 2. The minimum Gasteiger partial charge on any atom is -0.462 e. The monoisotopic (exact) mass is 509 g/mol. The molecule has 0 spiro atoms. The Hall–Kier alpha value is -2.58. The summed E-state index contributed by atoms with van der Waals surface area (Å²) in [5, 5.41) is 2.28. The molecule has 0 aromatic carbocycles. The number of halogens is 1. The average Bonchev–Trinajstić information content (AvgIpc) is 2.94. The maximum atomic E-state index is 15.8. The third-order valence-electron chi connectivity index (χ3n) is 4.75. The van der Waals surface area contributed by atoms with Gasteiger partial charge in [0, 0.05) is 12.3 Å². The van der Waals surface area contributed by atoms with Gasteiger partial charge in [-0.25, -0.2) is 23.6 Å². The molecule has 2 fully saturated rings. The summed E-state index contributed by atoms with van der Waals surface area (Å²) in [7, 11) is -4.31. The van der Waals surface area contributed by atoms with Crippen molar-refractivity contribution in [2.75, 3.05) is 13.2 Å². The fourth-order valence-electron chi connectivity index (χ4n) is 3.38. The summed E-state index contributed by atoms with van der Waals surface area (Å²) in [4.78, 5) is 49.5. The molecule has 2 N–H and O–H groups in total. The number of hydrogen-bond acceptors (Lipinski definition) is 11. The number of cyclic esters (lactones) is 1. The van der Waals surface area contributed by atoms with E-state index in [0.717, 1.165) is 23.8 Å². The second-order valence-corrected chi connectivity index (χ2v) is 9.72. The third kappa shape index (κ3) is 5.91. The molecule has 0 aliphatic carbocycles. The first kappa shape index (κ1) is 26.0. The van der Waals surface area contributed by atoms with E-state index in [1.165, 1.54) is 6.92 Å². The van der Waals surface area contributed by atoms with Crippen molar-refractivity contribution in [2.24, 2.45) is 0 Å². The molecule has 1 aromatic heterocycles. The molecule has 0 radical (unpaired) electrons. The number of alkyl halides is 1. The van der Waals surface area contributed by atoms with Crippen LogP contribution in [0.25, 0.3) is 0 Å². The lowest BCUT2D eigenvalue weighted by molar-refractivity contribution is -0.146. The zero-order valence-electron chi connectivity index (χ0n) is 18.7. The molecule has 0 saturated carbocycles. The highest BCUT2D eigenvalue weighted by molar-refractivity contribution is 7.51. The number of H-pyrrole nitrogens is 1. The topological polar surface area (TPSA) is 173 Å². The molecular formula is C18H25FN3O11P. The molecule has 16 heteroatoms. The van der Waals surface area contributed by atoms with Gasteiger partial charge in [-0.3, -0.25) is 28.2 Å². The molecule has 0 amide bonds. The van der Waals surface area contributed by atoms with E-state index in [2.05, 4.69) is 5.09 Å². The predicted molar refractivity (Wildman–Crippen MR) is 109 cm³/mol. The van der Waals surface area contributed by atoms with Crippen molar-refractivity contribution in [3.05, 3.63) is 33.1 Å². The Morgan fingerprint density at radius 2 is 2.09 bits per heavy atom. The fourth-order valence-corrected chi connectivity index (χ4v) is 4.70. The molecule has 3 heterocycles. The second kappa shape index (κ2) is 9.96. The minimum absolute atomic E-state index is 0.429. The second-order valence-electron chi connectivity index (χ2n) is 7.94. The van der Waals surface area contributed by atoms with Gasteiger partial charge in [-0.2, -0.15) is 0 Å². The van der Waals surface area contributed by atoms with E-state index in [1.807, 2.05) is 4.98 Å². The van der Waals surface area contributed by atoms with E-state index in [1.54, 1.807) is 13.8 Å². The van der Waals surface area contributed by atoms with Gasteiger partial charge < -0.3 is 18.9 Å². The Kier molecular flexibility index (Phi) is 7.62. The predicted octanol–water partition coefficient (Wildman–Crippen LogP) is 0.726. The van der Waals surface area contributed by atoms with Crippen molar-refractivity contribution in [3.8, 4) is 0 Å². The number of aromatic amines is 1. The van der Waals surface area contributed by atoms with Crippen molar-refractivity contribution in [2.45, 2.75) is 64.2 Å². The Labute approximate surface area is 192 Å². The molecule has 2 saturated heterocycles. The van der Waals surface area contributed by atoms with Gasteiger partial charge in [0.25, 0.3) is 5.56 Å². The van der Waals surface area contributed by atoms with E-state index in [-0.39, 0.29) is 0 Å². The number of hydrogen-bond donors (Lipinski definition) is 2. The lowest BCUT2D eigenvalue weighted by Gasteiger charge is -2.30. The van der Waals surface area contributed by atoms with Gasteiger partial charge in [-0.1, -0.05) is 0 Å². The van der Waals surface area contributed by atoms with E-state index in [9.17, 15) is 23.7 Å². The van der Waals surface area contributed by atoms with E-state index < -0.39 is 80.8 Å². The zero-order valence-corrected chi connectivity index (χ0v) is 19.6. The number of fused-ring (bicyclic) bond motifs is 1. The van der Waals surface area contributed by atoms with Crippen LogP contribution >= 0.6 is 7.75 Å². The Bertz CT molecular complexity index is 1090. The van der Waals surface area contributed by atoms with Crippen molar-refractivity contribution in [3.63, 3.8) is 0 Å². The summed E-state index contributed by atoms with van der Waals surface area (Å²) in [6.45, 7) is 4.24. The molecule has 3 rings (SSSR count). The number of nitrogens with zero attached hydrogens (tertiary/aromatic N) is 1. The number of esters is 1. The molecular weight excluding hydrogens is 484 g/mol. The maximum absolute atomic E-state index is 15.8. The molecule has 1 aromatic rings. The summed E-state index contributed by atoms with van der Waals surface area (Å²) >= 11 is 0. The molecule has 0 bridgehead atoms. The highest BCUT2D eigenvalue weighted by Crippen LogP contribution is 2.49. The average molecular weight is 509 g/mol. The van der Waals surface area contributed by atoms with Crippen LogP contribution in [0.4, 0.5) is 9.18 Å². The number of nitrogens with one attached hydrogen (secondary N) is 2. The standard InChI is InChI=1S/C18H25FN3O11P/c1-9(2)29-13(24)7-20-34(27)28-8-11-14(32-17(26)30-10(3)33-34)18(4,19)15(31-11)22-6-5-12(23)21-16(22)25/h5-6,9-11,14-15H,7-8H2,1-4H3,(H,20,27)(H,21,23,25)/t10?,11-,14?,15-,18-,34?/m1/s1. The largest absolute Gasteiger partial charge is 0.511 e. The molecule has 34 heavy (non-hydrogen) atoms. The van der Waals surface area contributed by atoms with Gasteiger partial charge >= 0.3 is 25.6 Å². The summed E-state index contributed by atoms with van der Waals surface area (Å²) in [5.41, 5.74) is -4.20. The van der Waals surface area contributed by atoms with Gasteiger partial charge in [-0.15, -0.1) is 0 Å². The smallest absolute Gasteiger partial charge is 0.462 e. The van der Waals surface area contributed by atoms with Crippen LogP contribution in [0.3, 0.4) is 0 Å². The highest BCUT2D eigenvalue weighted by Gasteiger charge is 2.59. The first-order valence-electron chi connectivity index (χ1n) is 10.2. The quantitative estimate of drug-likeness (QED) is 0.421. The van der Waals surface area contributed by atoms with Gasteiger partial charge in [0.1, 0.15) is 12.6 Å². The van der Waals surface area contributed by atoms with Crippen molar-refractivity contribution >= 4 is 19.9 Å².